The molecule has 2 heteroatoms. The molecule has 0 aromatic heterocycles. The van der Waals surface area contributed by atoms with Gasteiger partial charge in [-0.05, 0) is 99.2 Å². The standard InChI is InChI=1S/C21H33IO/c1-13(23)17-6-7-18-16-5-4-14-12-15(22)8-10-20(14,2)19(16)9-11-21(17,18)3/h14-19H,4-12H2,1-3H3/t14-,15?,16-,17+,18-,19-,20-,21+/m0/s1. The molecule has 130 valence electrons. The SMILES string of the molecule is CC(=O)[C@H]1CC[C@H]2[C@@H]3CC[C@H]4CC(I)CC[C@]4(C)[C@H]3CC[C@]12C. The summed E-state index contributed by atoms with van der Waals surface area (Å²) < 4.78 is 0.921. The Bertz CT molecular complexity index is 502. The molecule has 0 aromatic rings. The topological polar surface area (TPSA) is 17.1 Å². The van der Waals surface area contributed by atoms with E-state index in [1.807, 2.05) is 6.92 Å². The maximum atomic E-state index is 12.2. The van der Waals surface area contributed by atoms with Crippen molar-refractivity contribution >= 4 is 28.4 Å². The van der Waals surface area contributed by atoms with E-state index < -0.39 is 0 Å². The zero-order valence-corrected chi connectivity index (χ0v) is 17.3. The number of carbonyl (C=O) groups is 1. The molecule has 4 aliphatic carbocycles. The monoisotopic (exact) mass is 428 g/mol. The number of hydrogen-bond acceptors (Lipinski definition) is 1. The van der Waals surface area contributed by atoms with E-state index in [2.05, 4.69) is 36.4 Å². The van der Waals surface area contributed by atoms with Crippen LogP contribution in [0.15, 0.2) is 0 Å². The van der Waals surface area contributed by atoms with Crippen LogP contribution in [0, 0.1) is 40.4 Å². The van der Waals surface area contributed by atoms with E-state index in [-0.39, 0.29) is 0 Å². The Hall–Kier alpha value is 0.400. The highest BCUT2D eigenvalue weighted by molar-refractivity contribution is 14.1. The van der Waals surface area contributed by atoms with E-state index in [1.54, 1.807) is 0 Å². The number of ketones is 1. The minimum absolute atomic E-state index is 0.330. The van der Waals surface area contributed by atoms with Crippen LogP contribution in [-0.4, -0.2) is 9.71 Å². The average molecular weight is 428 g/mol. The molecule has 0 radical (unpaired) electrons. The van der Waals surface area contributed by atoms with E-state index in [4.69, 9.17) is 0 Å². The van der Waals surface area contributed by atoms with Gasteiger partial charge in [0.25, 0.3) is 0 Å². The second-order valence-corrected chi connectivity index (χ2v) is 11.6. The molecule has 0 bridgehead atoms. The molecule has 0 aromatic carbocycles. The van der Waals surface area contributed by atoms with E-state index in [0.717, 1.165) is 27.6 Å². The predicted octanol–water partition coefficient (Wildman–Crippen LogP) is 6.04. The molecule has 23 heavy (non-hydrogen) atoms. The molecular formula is C21H33IO. The van der Waals surface area contributed by atoms with Crippen LogP contribution in [0.3, 0.4) is 0 Å². The van der Waals surface area contributed by atoms with Gasteiger partial charge in [0.05, 0.1) is 0 Å². The molecule has 0 aliphatic heterocycles. The Kier molecular flexibility index (Phi) is 4.18. The first kappa shape index (κ1) is 16.8. The summed E-state index contributed by atoms with van der Waals surface area (Å²) in [6, 6.07) is 0. The lowest BCUT2D eigenvalue weighted by molar-refractivity contribution is -0.133. The van der Waals surface area contributed by atoms with E-state index in [9.17, 15) is 4.79 Å². The third-order valence-corrected chi connectivity index (χ3v) is 10.2. The van der Waals surface area contributed by atoms with Crippen LogP contribution in [-0.2, 0) is 4.79 Å². The average Bonchev–Trinajstić information content (AvgIpc) is 2.85. The van der Waals surface area contributed by atoms with Gasteiger partial charge in [0.2, 0.25) is 0 Å². The van der Waals surface area contributed by atoms with Gasteiger partial charge in [-0.3, -0.25) is 4.79 Å². The number of Topliss-reactive ketones (excluding diaryl/α,β-unsaturated/α-hetero) is 1. The van der Waals surface area contributed by atoms with Crippen molar-refractivity contribution in [3.05, 3.63) is 0 Å². The van der Waals surface area contributed by atoms with Crippen molar-refractivity contribution < 1.29 is 4.79 Å². The van der Waals surface area contributed by atoms with Crippen LogP contribution in [0.25, 0.3) is 0 Å². The number of fused-ring (bicyclic) bond motifs is 5. The molecule has 1 nitrogen and oxygen atoms in total. The lowest BCUT2D eigenvalue weighted by Crippen LogP contribution is -2.53. The first-order valence-corrected chi connectivity index (χ1v) is 11.3. The van der Waals surface area contributed by atoms with Gasteiger partial charge in [-0.15, -0.1) is 0 Å². The maximum absolute atomic E-state index is 12.2. The molecule has 4 rings (SSSR count). The molecule has 4 saturated carbocycles. The second-order valence-electron chi connectivity index (χ2n) is 9.81. The fourth-order valence-corrected chi connectivity index (χ4v) is 8.80. The number of halogens is 1. The molecule has 1 unspecified atom stereocenters. The van der Waals surface area contributed by atoms with E-state index in [1.165, 1.54) is 57.8 Å². The highest BCUT2D eigenvalue weighted by Crippen LogP contribution is 2.67. The zero-order valence-electron chi connectivity index (χ0n) is 15.1. The predicted molar refractivity (Wildman–Crippen MR) is 104 cm³/mol. The van der Waals surface area contributed by atoms with Gasteiger partial charge in [0.1, 0.15) is 5.78 Å². The summed E-state index contributed by atoms with van der Waals surface area (Å²) in [6.45, 7) is 6.98. The lowest BCUT2D eigenvalue weighted by atomic mass is 9.45. The van der Waals surface area contributed by atoms with Crippen LogP contribution in [0.2, 0.25) is 0 Å². The summed E-state index contributed by atoms with van der Waals surface area (Å²) in [4.78, 5) is 12.2. The summed E-state index contributed by atoms with van der Waals surface area (Å²) in [5, 5.41) is 0. The molecule has 0 N–H and O–H groups in total. The van der Waals surface area contributed by atoms with Crippen molar-refractivity contribution in [2.24, 2.45) is 40.4 Å². The molecular weight excluding hydrogens is 395 g/mol. The molecule has 0 spiro atoms. The number of rotatable bonds is 1. The quantitative estimate of drug-likeness (QED) is 0.368. The van der Waals surface area contributed by atoms with Gasteiger partial charge >= 0.3 is 0 Å². The van der Waals surface area contributed by atoms with Crippen LogP contribution < -0.4 is 0 Å². The third kappa shape index (κ3) is 2.39. The van der Waals surface area contributed by atoms with Crippen LogP contribution in [0.1, 0.15) is 78.6 Å². The van der Waals surface area contributed by atoms with Gasteiger partial charge in [0, 0.05) is 9.84 Å². The minimum Gasteiger partial charge on any atom is -0.300 e. The lowest BCUT2D eigenvalue weighted by Gasteiger charge is -2.61. The molecule has 0 saturated heterocycles. The smallest absolute Gasteiger partial charge is 0.133 e. The maximum Gasteiger partial charge on any atom is 0.133 e. The number of carbonyl (C=O) groups excluding carboxylic acids is 1. The van der Waals surface area contributed by atoms with Gasteiger partial charge in [-0.1, -0.05) is 36.4 Å². The van der Waals surface area contributed by atoms with Crippen LogP contribution in [0.4, 0.5) is 0 Å². The number of hydrogen-bond donors (Lipinski definition) is 0. The summed E-state index contributed by atoms with van der Waals surface area (Å²) in [5.41, 5.74) is 0.941. The molecule has 4 aliphatic rings. The van der Waals surface area contributed by atoms with Gasteiger partial charge in [-0.2, -0.15) is 0 Å². The first-order chi connectivity index (χ1) is 10.9. The summed E-state index contributed by atoms with van der Waals surface area (Å²) in [7, 11) is 0. The Morgan fingerprint density at radius 3 is 2.35 bits per heavy atom. The highest BCUT2D eigenvalue weighted by Gasteiger charge is 2.60. The van der Waals surface area contributed by atoms with E-state index in [0.29, 0.717) is 22.5 Å². The normalized spacial score (nSPS) is 55.7. The fraction of sp³-hybridized carbons (Fsp3) is 0.952. The van der Waals surface area contributed by atoms with Crippen molar-refractivity contribution in [3.63, 3.8) is 0 Å². The van der Waals surface area contributed by atoms with Crippen molar-refractivity contribution in [2.45, 2.75) is 82.5 Å². The zero-order chi connectivity index (χ0) is 16.4. The molecule has 0 heterocycles. The van der Waals surface area contributed by atoms with Crippen molar-refractivity contribution in [3.8, 4) is 0 Å². The van der Waals surface area contributed by atoms with Gasteiger partial charge in [-0.25, -0.2) is 0 Å². The minimum atomic E-state index is 0.330. The van der Waals surface area contributed by atoms with Crippen molar-refractivity contribution in [1.29, 1.82) is 0 Å². The summed E-state index contributed by atoms with van der Waals surface area (Å²) in [5.74, 6) is 4.53. The Morgan fingerprint density at radius 1 is 0.913 bits per heavy atom. The largest absolute Gasteiger partial charge is 0.300 e. The van der Waals surface area contributed by atoms with Gasteiger partial charge < -0.3 is 0 Å². The Labute approximate surface area is 155 Å². The van der Waals surface area contributed by atoms with Crippen LogP contribution in [0.5, 0.6) is 0 Å². The summed E-state index contributed by atoms with van der Waals surface area (Å²) in [6.07, 6.45) is 12.5. The highest BCUT2D eigenvalue weighted by atomic mass is 127. The number of alkyl halides is 1. The molecule has 0 amide bonds. The third-order valence-electron chi connectivity index (χ3n) is 9.09. The molecule has 8 atom stereocenters. The summed E-state index contributed by atoms with van der Waals surface area (Å²) >= 11 is 2.70. The van der Waals surface area contributed by atoms with Crippen molar-refractivity contribution in [1.82, 2.24) is 0 Å². The Balaban J connectivity index is 1.61. The van der Waals surface area contributed by atoms with Crippen LogP contribution >= 0.6 is 22.6 Å². The van der Waals surface area contributed by atoms with Gasteiger partial charge in [0.15, 0.2) is 0 Å². The second kappa shape index (κ2) is 5.71. The van der Waals surface area contributed by atoms with Crippen molar-refractivity contribution in [2.75, 3.05) is 0 Å². The molecule has 4 fully saturated rings. The fourth-order valence-electron chi connectivity index (χ4n) is 7.87. The first-order valence-electron chi connectivity index (χ1n) is 10.0. The Morgan fingerprint density at radius 2 is 1.61 bits per heavy atom. The van der Waals surface area contributed by atoms with E-state index >= 15 is 0 Å².